The van der Waals surface area contributed by atoms with Crippen LogP contribution in [0, 0.1) is 12.7 Å². The lowest BCUT2D eigenvalue weighted by atomic mass is 10.1. The molecule has 41 heavy (non-hydrogen) atoms. The number of methoxy groups -OCH3 is 1. The zero-order chi connectivity index (χ0) is 28.6. The molecule has 0 amide bonds. The van der Waals surface area contributed by atoms with Gasteiger partial charge in [-0.15, -0.1) is 0 Å². The molecule has 5 aromatic rings. The van der Waals surface area contributed by atoms with Crippen LogP contribution in [0.15, 0.2) is 103 Å². The summed E-state index contributed by atoms with van der Waals surface area (Å²) >= 11 is 0. The number of unbranched alkanes of at least 4 members (excludes halogenated alkanes) is 1. The summed E-state index contributed by atoms with van der Waals surface area (Å²) in [6.07, 6.45) is 2.14. The summed E-state index contributed by atoms with van der Waals surface area (Å²) in [7, 11) is 1.70. The van der Waals surface area contributed by atoms with Crippen LogP contribution in [0.25, 0.3) is 22.6 Å². The van der Waals surface area contributed by atoms with Crippen LogP contribution in [0.5, 0.6) is 5.75 Å². The Morgan fingerprint density at radius 2 is 1.46 bits per heavy atom. The third-order valence-corrected chi connectivity index (χ3v) is 7.42. The van der Waals surface area contributed by atoms with Crippen LogP contribution < -0.4 is 4.74 Å². The van der Waals surface area contributed by atoms with Crippen molar-refractivity contribution in [1.29, 1.82) is 0 Å². The number of nitrogens with zero attached hydrogens (tertiary/aromatic N) is 3. The molecule has 0 atom stereocenters. The first kappa shape index (κ1) is 28.3. The first-order valence-electron chi connectivity index (χ1n) is 14.4. The number of aromatic nitrogens is 2. The average Bonchev–Trinajstić information content (AvgIpc) is 3.34. The summed E-state index contributed by atoms with van der Waals surface area (Å²) in [6.45, 7) is 7.14. The molecule has 4 aromatic carbocycles. The van der Waals surface area contributed by atoms with Crippen molar-refractivity contribution in [2.45, 2.75) is 52.9 Å². The predicted molar refractivity (Wildman–Crippen MR) is 165 cm³/mol. The Kier molecular flexibility index (Phi) is 9.27. The summed E-state index contributed by atoms with van der Waals surface area (Å²) in [5.74, 6) is 1.65. The molecule has 4 nitrogen and oxygen atoms in total. The highest BCUT2D eigenvalue weighted by molar-refractivity contribution is 5.68. The van der Waals surface area contributed by atoms with Gasteiger partial charge in [0, 0.05) is 37.3 Å². The molecule has 0 fully saturated rings. The van der Waals surface area contributed by atoms with E-state index < -0.39 is 0 Å². The molecule has 210 valence electrons. The van der Waals surface area contributed by atoms with Crippen LogP contribution in [-0.4, -0.2) is 21.6 Å². The Hall–Kier alpha value is -4.22. The fraction of sp³-hybridized carbons (Fsp3) is 0.250. The fourth-order valence-corrected chi connectivity index (χ4v) is 5.41. The minimum atomic E-state index is -0.216. The van der Waals surface area contributed by atoms with Crippen LogP contribution in [-0.2, 0) is 26.2 Å². The SMILES string of the molecule is CCCCn1c(-c2ccccc2)nc(-c2ccccc2)c1CN(Cc1cccc(F)c1)Cc1ccc(OC)c(C)c1. The second-order valence-corrected chi connectivity index (χ2v) is 10.5. The average molecular weight is 548 g/mol. The smallest absolute Gasteiger partial charge is 0.140 e. The van der Waals surface area contributed by atoms with Crippen molar-refractivity contribution in [3.63, 3.8) is 0 Å². The standard InChI is InChI=1S/C36H38FN3O/c1-4-5-21-40-33(35(30-14-8-6-9-15-30)38-36(40)31-16-10-7-11-17-31)26-39(24-28-13-12-18-32(37)23-28)25-29-19-20-34(41-3)27(2)22-29/h6-20,22-23H,4-5,21,24-26H2,1-3H3. The number of aryl methyl sites for hydroxylation is 1. The molecule has 0 aliphatic heterocycles. The van der Waals surface area contributed by atoms with E-state index in [1.807, 2.05) is 24.3 Å². The highest BCUT2D eigenvalue weighted by Gasteiger charge is 2.22. The first-order valence-corrected chi connectivity index (χ1v) is 14.4. The molecule has 0 bridgehead atoms. The van der Waals surface area contributed by atoms with Crippen molar-refractivity contribution in [2.75, 3.05) is 7.11 Å². The summed E-state index contributed by atoms with van der Waals surface area (Å²) in [5, 5.41) is 0. The minimum absolute atomic E-state index is 0.216. The Balaban J connectivity index is 1.61. The van der Waals surface area contributed by atoms with E-state index in [2.05, 4.69) is 84.0 Å². The van der Waals surface area contributed by atoms with Gasteiger partial charge in [-0.25, -0.2) is 9.37 Å². The largest absolute Gasteiger partial charge is 0.496 e. The maximum Gasteiger partial charge on any atom is 0.140 e. The molecule has 0 unspecified atom stereocenters. The molecule has 5 heteroatoms. The van der Waals surface area contributed by atoms with Gasteiger partial charge in [0.2, 0.25) is 0 Å². The quantitative estimate of drug-likeness (QED) is 0.157. The predicted octanol–water partition coefficient (Wildman–Crippen LogP) is 8.68. The second-order valence-electron chi connectivity index (χ2n) is 10.5. The van der Waals surface area contributed by atoms with Crippen LogP contribution in [0.2, 0.25) is 0 Å². The summed E-state index contributed by atoms with van der Waals surface area (Å²) < 4.78 is 22.1. The van der Waals surface area contributed by atoms with Gasteiger partial charge in [-0.05, 0) is 48.2 Å². The van der Waals surface area contributed by atoms with E-state index in [4.69, 9.17) is 9.72 Å². The lowest BCUT2D eigenvalue weighted by Gasteiger charge is -2.25. The maximum atomic E-state index is 14.2. The zero-order valence-electron chi connectivity index (χ0n) is 24.2. The normalized spacial score (nSPS) is 11.2. The topological polar surface area (TPSA) is 30.3 Å². The van der Waals surface area contributed by atoms with E-state index >= 15 is 0 Å². The number of hydrogen-bond donors (Lipinski definition) is 0. The van der Waals surface area contributed by atoms with Gasteiger partial charge in [0.15, 0.2) is 0 Å². The monoisotopic (exact) mass is 547 g/mol. The number of hydrogen-bond acceptors (Lipinski definition) is 3. The van der Waals surface area contributed by atoms with Crippen molar-refractivity contribution in [1.82, 2.24) is 14.5 Å². The first-order chi connectivity index (χ1) is 20.1. The molecule has 5 rings (SSSR count). The molecule has 0 radical (unpaired) electrons. The summed E-state index contributed by atoms with van der Waals surface area (Å²) in [6, 6.07) is 34.1. The second kappa shape index (κ2) is 13.4. The van der Waals surface area contributed by atoms with Crippen molar-refractivity contribution < 1.29 is 9.13 Å². The molecule has 0 saturated heterocycles. The van der Waals surface area contributed by atoms with Crippen molar-refractivity contribution >= 4 is 0 Å². The summed E-state index contributed by atoms with van der Waals surface area (Å²) in [4.78, 5) is 7.67. The lowest BCUT2D eigenvalue weighted by molar-refractivity contribution is 0.241. The van der Waals surface area contributed by atoms with E-state index in [9.17, 15) is 4.39 Å². The van der Waals surface area contributed by atoms with Crippen LogP contribution >= 0.6 is 0 Å². The van der Waals surface area contributed by atoms with Gasteiger partial charge in [-0.2, -0.15) is 0 Å². The molecule has 1 heterocycles. The number of rotatable bonds is 12. The third-order valence-electron chi connectivity index (χ3n) is 7.42. The fourth-order valence-electron chi connectivity index (χ4n) is 5.41. The van der Waals surface area contributed by atoms with Crippen molar-refractivity contribution in [3.8, 4) is 28.4 Å². The molecule has 0 aliphatic carbocycles. The molecule has 1 aromatic heterocycles. The molecular formula is C36H38FN3O. The van der Waals surface area contributed by atoms with E-state index in [0.29, 0.717) is 19.6 Å². The van der Waals surface area contributed by atoms with Crippen LogP contribution in [0.1, 0.15) is 42.1 Å². The van der Waals surface area contributed by atoms with Crippen LogP contribution in [0.4, 0.5) is 4.39 Å². The van der Waals surface area contributed by atoms with Gasteiger partial charge in [0.25, 0.3) is 0 Å². The highest BCUT2D eigenvalue weighted by atomic mass is 19.1. The van der Waals surface area contributed by atoms with Gasteiger partial charge in [0.1, 0.15) is 17.4 Å². The zero-order valence-corrected chi connectivity index (χ0v) is 24.2. The van der Waals surface area contributed by atoms with Gasteiger partial charge in [-0.3, -0.25) is 4.90 Å². The van der Waals surface area contributed by atoms with Gasteiger partial charge in [-0.1, -0.05) is 98.3 Å². The Labute approximate surface area is 243 Å². The number of halogens is 1. The van der Waals surface area contributed by atoms with Crippen molar-refractivity contribution in [3.05, 3.63) is 131 Å². The number of benzene rings is 4. The van der Waals surface area contributed by atoms with Crippen molar-refractivity contribution in [2.24, 2.45) is 0 Å². The Morgan fingerprint density at radius 1 is 0.780 bits per heavy atom. The van der Waals surface area contributed by atoms with Gasteiger partial charge < -0.3 is 9.30 Å². The maximum absolute atomic E-state index is 14.2. The summed E-state index contributed by atoms with van der Waals surface area (Å²) in [5.41, 5.74) is 7.60. The van der Waals surface area contributed by atoms with E-state index in [0.717, 1.165) is 58.9 Å². The van der Waals surface area contributed by atoms with Crippen LogP contribution in [0.3, 0.4) is 0 Å². The molecule has 0 N–H and O–H groups in total. The number of imidazole rings is 1. The van der Waals surface area contributed by atoms with Gasteiger partial charge >= 0.3 is 0 Å². The van der Waals surface area contributed by atoms with E-state index in [1.165, 1.54) is 17.3 Å². The molecule has 0 saturated carbocycles. The minimum Gasteiger partial charge on any atom is -0.496 e. The molecule has 0 spiro atoms. The Morgan fingerprint density at radius 3 is 2.10 bits per heavy atom. The highest BCUT2D eigenvalue weighted by Crippen LogP contribution is 2.32. The van der Waals surface area contributed by atoms with E-state index in [1.54, 1.807) is 19.2 Å². The third kappa shape index (κ3) is 6.93. The molecular weight excluding hydrogens is 509 g/mol. The molecule has 0 aliphatic rings. The lowest BCUT2D eigenvalue weighted by Crippen LogP contribution is -2.24. The van der Waals surface area contributed by atoms with Gasteiger partial charge in [0.05, 0.1) is 18.5 Å². The Bertz CT molecular complexity index is 1560. The number of ether oxygens (including phenoxy) is 1. The van der Waals surface area contributed by atoms with E-state index in [-0.39, 0.29) is 5.82 Å².